The molecule has 216 valence electrons. The van der Waals surface area contributed by atoms with Crippen LogP contribution in [0.4, 0.5) is 11.4 Å². The third-order valence-electron chi connectivity index (χ3n) is 6.89. The second-order valence-corrected chi connectivity index (χ2v) is 10.2. The number of benzene rings is 1. The Bertz CT molecular complexity index is 962. The van der Waals surface area contributed by atoms with Crippen LogP contribution in [-0.2, 0) is 4.79 Å². The Morgan fingerprint density at radius 3 is 2.31 bits per heavy atom. The van der Waals surface area contributed by atoms with Gasteiger partial charge in [-0.2, -0.15) is 0 Å². The average molecular weight is 543 g/mol. The minimum Gasteiger partial charge on any atom is -0.394 e. The molecule has 1 amide bonds. The summed E-state index contributed by atoms with van der Waals surface area (Å²) in [4.78, 5) is 23.1. The molecule has 1 atom stereocenters. The fourth-order valence-electron chi connectivity index (χ4n) is 4.55. The minimum absolute atomic E-state index is 0.0515. The van der Waals surface area contributed by atoms with Crippen molar-refractivity contribution in [3.05, 3.63) is 35.6 Å². The summed E-state index contributed by atoms with van der Waals surface area (Å²) in [7, 11) is 0. The summed E-state index contributed by atoms with van der Waals surface area (Å²) < 4.78 is 4.72. The van der Waals surface area contributed by atoms with E-state index in [2.05, 4.69) is 39.1 Å². The van der Waals surface area contributed by atoms with Gasteiger partial charge in [0.25, 0.3) is 0 Å². The van der Waals surface area contributed by atoms with E-state index in [4.69, 9.17) is 4.63 Å². The van der Waals surface area contributed by atoms with Crippen LogP contribution in [0.2, 0.25) is 0 Å². The number of anilines is 1. The van der Waals surface area contributed by atoms with Crippen LogP contribution in [0.15, 0.2) is 28.9 Å². The van der Waals surface area contributed by atoms with Crippen LogP contribution in [0, 0.1) is 11.3 Å². The predicted octanol–water partition coefficient (Wildman–Crippen LogP) is 6.87. The van der Waals surface area contributed by atoms with Crippen molar-refractivity contribution in [1.29, 1.82) is 0 Å². The molecule has 2 aromatic rings. The van der Waals surface area contributed by atoms with Crippen LogP contribution in [-0.4, -0.2) is 40.5 Å². The lowest BCUT2D eigenvalue weighted by Gasteiger charge is -2.14. The van der Waals surface area contributed by atoms with Gasteiger partial charge in [0.2, 0.25) is 11.4 Å². The molecule has 0 aliphatic heterocycles. The predicted molar refractivity (Wildman–Crippen MR) is 157 cm³/mol. The van der Waals surface area contributed by atoms with Gasteiger partial charge in [0.1, 0.15) is 4.91 Å². The first-order valence-corrected chi connectivity index (χ1v) is 14.9. The number of aliphatic hydroxyl groups excluding tert-OH is 1. The Labute approximate surface area is 233 Å². The zero-order valence-electron chi connectivity index (χ0n) is 23.7. The Morgan fingerprint density at radius 2 is 1.62 bits per heavy atom. The summed E-state index contributed by atoms with van der Waals surface area (Å²) in [6.45, 7) is 2.84. The standard InChI is InChI=1S/C30H48N5O4/c1-2-3-4-5-6-7-8-9-10-11-12-13-14-16-19-25(24-36)32-28(37)20-17-15-18-23-31-26-21-22-27(33-38)30-29(26)34-39-35-30/h14,16,19,21-22,25,31,36H,2-13,15,17-18,20,23-24H2,1H3,(H,32,37)/q+1/b16-14+/t25-/m1/s1. The van der Waals surface area contributed by atoms with Gasteiger partial charge in [-0.25, -0.2) is 4.63 Å². The van der Waals surface area contributed by atoms with Crippen molar-refractivity contribution in [1.82, 2.24) is 20.8 Å². The van der Waals surface area contributed by atoms with Crippen LogP contribution < -0.4 is 15.8 Å². The molecule has 0 fully saturated rings. The van der Waals surface area contributed by atoms with Gasteiger partial charge in [0.15, 0.2) is 5.52 Å². The number of aromatic nitrogens is 2. The molecule has 2 rings (SSSR count). The summed E-state index contributed by atoms with van der Waals surface area (Å²) in [5.74, 6) is -0.0515. The summed E-state index contributed by atoms with van der Waals surface area (Å²) in [5, 5.41) is 26.2. The normalized spacial score (nSPS) is 12.3. The van der Waals surface area contributed by atoms with E-state index in [1.165, 1.54) is 70.6 Å². The molecule has 1 heterocycles. The highest BCUT2D eigenvalue weighted by Crippen LogP contribution is 2.26. The van der Waals surface area contributed by atoms with Crippen LogP contribution in [0.25, 0.3) is 11.0 Å². The van der Waals surface area contributed by atoms with Crippen molar-refractivity contribution in [2.24, 2.45) is 0 Å². The van der Waals surface area contributed by atoms with Gasteiger partial charge >= 0.3 is 10.9 Å². The number of nitrogens with one attached hydrogen (secondary N) is 2. The van der Waals surface area contributed by atoms with Gasteiger partial charge in [-0.15, -0.1) is 0 Å². The van der Waals surface area contributed by atoms with Gasteiger partial charge < -0.3 is 15.7 Å². The van der Waals surface area contributed by atoms with Crippen LogP contribution in [0.5, 0.6) is 0 Å². The van der Waals surface area contributed by atoms with Crippen molar-refractivity contribution in [3.63, 3.8) is 0 Å². The summed E-state index contributed by atoms with van der Waals surface area (Å²) in [6, 6.07) is 2.96. The molecule has 0 spiro atoms. The van der Waals surface area contributed by atoms with Crippen molar-refractivity contribution in [3.8, 4) is 0 Å². The monoisotopic (exact) mass is 542 g/mol. The molecule has 2 radical (unpaired) electrons. The summed E-state index contributed by atoms with van der Waals surface area (Å²) >= 11 is 0. The van der Waals surface area contributed by atoms with Crippen molar-refractivity contribution in [2.75, 3.05) is 18.5 Å². The molecule has 3 N–H and O–H groups in total. The lowest BCUT2D eigenvalue weighted by atomic mass is 10.1. The first-order valence-electron chi connectivity index (χ1n) is 14.9. The van der Waals surface area contributed by atoms with E-state index in [1.807, 2.05) is 12.5 Å². The number of amides is 1. The van der Waals surface area contributed by atoms with E-state index in [0.29, 0.717) is 24.0 Å². The third kappa shape index (κ3) is 13.7. The molecule has 0 saturated carbocycles. The number of nitroso groups, excluding NO2 is 1. The SMILES string of the molecule is CCCCCCCCCCCCC/C=C/[CH][C@H](CO)NC(=O)CCCCCNc1ccc([N+]=O)c2nonc12. The second-order valence-electron chi connectivity index (χ2n) is 10.2. The molecule has 1 aromatic carbocycles. The number of unbranched alkanes of at least 4 members (excludes halogenated alkanes) is 13. The first kappa shape index (κ1) is 32.4. The zero-order chi connectivity index (χ0) is 28.0. The lowest BCUT2D eigenvalue weighted by Crippen LogP contribution is -2.37. The fraction of sp³-hybridized carbons (Fsp3) is 0.667. The molecule has 0 saturated heterocycles. The van der Waals surface area contributed by atoms with Gasteiger partial charge in [-0.05, 0) is 42.1 Å². The molecule has 39 heavy (non-hydrogen) atoms. The van der Waals surface area contributed by atoms with Gasteiger partial charge in [-0.3, -0.25) is 4.79 Å². The molecule has 9 heteroatoms. The number of hydrogen-bond donors (Lipinski definition) is 3. The summed E-state index contributed by atoms with van der Waals surface area (Å²) in [5.41, 5.74) is 1.74. The van der Waals surface area contributed by atoms with E-state index in [1.54, 1.807) is 12.1 Å². The molecule has 0 aliphatic carbocycles. The molecule has 1 aromatic heterocycles. The molecular weight excluding hydrogens is 494 g/mol. The summed E-state index contributed by atoms with van der Waals surface area (Å²) in [6.07, 6.45) is 24.6. The number of hydrogen-bond acceptors (Lipinski definition) is 8. The number of rotatable bonds is 24. The molecule has 9 nitrogen and oxygen atoms in total. The highest BCUT2D eigenvalue weighted by Gasteiger charge is 2.20. The van der Waals surface area contributed by atoms with Crippen LogP contribution in [0.3, 0.4) is 0 Å². The van der Waals surface area contributed by atoms with Crippen LogP contribution in [0.1, 0.15) is 110 Å². The van der Waals surface area contributed by atoms with E-state index in [9.17, 15) is 14.8 Å². The highest BCUT2D eigenvalue weighted by molar-refractivity contribution is 5.94. The van der Waals surface area contributed by atoms with Gasteiger partial charge in [0.05, 0.1) is 18.3 Å². The topological polar surface area (TPSA) is 131 Å². The number of carbonyl (C=O) groups excluding carboxylic acids is 1. The second kappa shape index (κ2) is 21.1. The smallest absolute Gasteiger partial charge is 0.373 e. The molecule has 0 bridgehead atoms. The molecular formula is C30H48N5O4+. The maximum absolute atomic E-state index is 12.2. The van der Waals surface area contributed by atoms with Gasteiger partial charge in [0, 0.05) is 25.5 Å². The van der Waals surface area contributed by atoms with E-state index in [0.717, 1.165) is 31.4 Å². The molecule has 0 unspecified atom stereocenters. The number of nitrogens with zero attached hydrogens (tertiary/aromatic N) is 3. The lowest BCUT2D eigenvalue weighted by molar-refractivity contribution is -0.121. The van der Waals surface area contributed by atoms with E-state index >= 15 is 0 Å². The fourth-order valence-corrected chi connectivity index (χ4v) is 4.55. The zero-order valence-corrected chi connectivity index (χ0v) is 23.7. The maximum Gasteiger partial charge on any atom is 0.373 e. The van der Waals surface area contributed by atoms with E-state index in [-0.39, 0.29) is 24.2 Å². The quantitative estimate of drug-likeness (QED) is 0.123. The first-order chi connectivity index (χ1) is 19.2. The minimum atomic E-state index is -0.352. The Kier molecular flexibility index (Phi) is 17.5. The van der Waals surface area contributed by atoms with Gasteiger partial charge in [-0.1, -0.05) is 89.7 Å². The number of allylic oxidation sites excluding steroid dienone is 1. The number of carbonyl (C=O) groups is 1. The Balaban J connectivity index is 1.45. The third-order valence-corrected chi connectivity index (χ3v) is 6.89. The molecule has 0 aliphatic rings. The van der Waals surface area contributed by atoms with Crippen LogP contribution >= 0.6 is 0 Å². The van der Waals surface area contributed by atoms with Crippen molar-refractivity contribution in [2.45, 2.75) is 116 Å². The maximum atomic E-state index is 12.2. The van der Waals surface area contributed by atoms with Crippen molar-refractivity contribution >= 4 is 28.3 Å². The largest absolute Gasteiger partial charge is 0.394 e. The Morgan fingerprint density at radius 1 is 0.949 bits per heavy atom. The number of aliphatic hydroxyl groups is 1. The Hall–Kier alpha value is -2.81. The average Bonchev–Trinajstić information content (AvgIpc) is 3.45. The number of fused-ring (bicyclic) bond motifs is 1. The van der Waals surface area contributed by atoms with E-state index < -0.39 is 0 Å². The highest BCUT2D eigenvalue weighted by atomic mass is 16.6. The van der Waals surface area contributed by atoms with Crippen molar-refractivity contribution < 1.29 is 14.5 Å².